The largest absolute Gasteiger partial charge is 0.462 e. The van der Waals surface area contributed by atoms with Gasteiger partial charge in [-0.1, -0.05) is 306 Å². The van der Waals surface area contributed by atoms with Crippen LogP contribution in [0.4, 0.5) is 0 Å². The second-order valence-corrected chi connectivity index (χ2v) is 22.4. The normalized spacial score (nSPS) is 12.4. The van der Waals surface area contributed by atoms with Gasteiger partial charge in [0.15, 0.2) is 6.10 Å². The van der Waals surface area contributed by atoms with Crippen molar-refractivity contribution in [3.05, 3.63) is 60.8 Å². The molecule has 0 rings (SSSR count). The van der Waals surface area contributed by atoms with Gasteiger partial charge in [-0.15, -0.1) is 0 Å². The summed E-state index contributed by atoms with van der Waals surface area (Å²) in [7, 11) is 0. The summed E-state index contributed by atoms with van der Waals surface area (Å²) in [6, 6.07) is 0. The topological polar surface area (TPSA) is 78.9 Å². The van der Waals surface area contributed by atoms with Crippen LogP contribution in [0.15, 0.2) is 60.8 Å². The highest BCUT2D eigenvalue weighted by Gasteiger charge is 2.19. The minimum atomic E-state index is -0.771. The van der Waals surface area contributed by atoms with Gasteiger partial charge in [0.05, 0.1) is 0 Å². The molecule has 0 radical (unpaired) electrons. The van der Waals surface area contributed by atoms with E-state index in [1.807, 2.05) is 0 Å². The number of allylic oxidation sites excluding steroid dienone is 10. The fraction of sp³-hybridized carbons (Fsp3) is 0.814. The van der Waals surface area contributed by atoms with Crippen LogP contribution in [-0.2, 0) is 28.6 Å². The van der Waals surface area contributed by atoms with E-state index in [1.54, 1.807) is 0 Å². The molecular formula is C70H126O6. The summed E-state index contributed by atoms with van der Waals surface area (Å²) >= 11 is 0. The molecule has 0 bridgehead atoms. The Hall–Kier alpha value is -2.89. The zero-order valence-corrected chi connectivity index (χ0v) is 50.8. The van der Waals surface area contributed by atoms with Crippen molar-refractivity contribution in [2.24, 2.45) is 0 Å². The monoisotopic (exact) mass is 1060 g/mol. The first-order valence-electron chi connectivity index (χ1n) is 33.3. The first-order valence-corrected chi connectivity index (χ1v) is 33.3. The molecule has 76 heavy (non-hydrogen) atoms. The van der Waals surface area contributed by atoms with Gasteiger partial charge >= 0.3 is 17.9 Å². The molecule has 0 saturated carbocycles. The van der Waals surface area contributed by atoms with E-state index < -0.39 is 6.10 Å². The lowest BCUT2D eigenvalue weighted by Gasteiger charge is -2.18. The molecule has 1 atom stereocenters. The Kier molecular flexibility index (Phi) is 62.2. The lowest BCUT2D eigenvalue weighted by molar-refractivity contribution is -0.167. The van der Waals surface area contributed by atoms with Gasteiger partial charge < -0.3 is 14.2 Å². The van der Waals surface area contributed by atoms with Crippen molar-refractivity contribution in [3.63, 3.8) is 0 Å². The van der Waals surface area contributed by atoms with Crippen LogP contribution in [0.5, 0.6) is 0 Å². The number of unbranched alkanes of at least 4 members (excludes halogenated alkanes) is 40. The van der Waals surface area contributed by atoms with E-state index in [1.165, 1.54) is 225 Å². The number of hydrogen-bond donors (Lipinski definition) is 0. The second-order valence-electron chi connectivity index (χ2n) is 22.4. The van der Waals surface area contributed by atoms with Gasteiger partial charge in [-0.25, -0.2) is 0 Å². The third-order valence-electron chi connectivity index (χ3n) is 14.8. The number of rotatable bonds is 61. The summed E-state index contributed by atoms with van der Waals surface area (Å²) in [4.78, 5) is 38.2. The zero-order valence-electron chi connectivity index (χ0n) is 50.8. The van der Waals surface area contributed by atoms with Gasteiger partial charge in [0.25, 0.3) is 0 Å². The molecule has 0 N–H and O–H groups in total. The molecule has 0 aliphatic rings. The number of carbonyl (C=O) groups is 3. The molecule has 0 aliphatic heterocycles. The quantitative estimate of drug-likeness (QED) is 0.0261. The van der Waals surface area contributed by atoms with Crippen molar-refractivity contribution in [1.29, 1.82) is 0 Å². The Morgan fingerprint density at radius 3 is 0.816 bits per heavy atom. The van der Waals surface area contributed by atoms with E-state index in [0.29, 0.717) is 19.3 Å². The first-order chi connectivity index (χ1) is 37.5. The van der Waals surface area contributed by atoms with Crippen LogP contribution in [0.25, 0.3) is 0 Å². The van der Waals surface area contributed by atoms with Gasteiger partial charge in [-0.3, -0.25) is 14.4 Å². The standard InChI is InChI=1S/C70H126O6/c1-4-7-10-13-16-19-21-23-25-27-29-31-33-34-35-36-38-39-41-43-45-47-49-51-54-57-60-63-69(72)75-66-67(65-74-68(71)62-59-56-53-18-15-12-9-6-3)76-70(73)64-61-58-55-52-50-48-46-44-42-40-37-32-30-28-26-24-22-20-17-14-11-8-5-2/h7,10,16,19,23,25,28-31,67H,4-6,8-9,11-15,17-18,20-22,24,26-27,32-66H2,1-3H3/b10-7-,19-16-,25-23-,30-28-,31-29-. The van der Waals surface area contributed by atoms with Crippen molar-refractivity contribution in [2.45, 2.75) is 354 Å². The second kappa shape index (κ2) is 64.6. The molecule has 0 spiro atoms. The maximum Gasteiger partial charge on any atom is 0.306 e. The summed E-state index contributed by atoms with van der Waals surface area (Å²) < 4.78 is 16.9. The van der Waals surface area contributed by atoms with E-state index in [-0.39, 0.29) is 31.1 Å². The molecule has 0 amide bonds. The number of esters is 3. The molecule has 442 valence electrons. The van der Waals surface area contributed by atoms with E-state index in [0.717, 1.165) is 83.5 Å². The Balaban J connectivity index is 4.12. The number of hydrogen-bond acceptors (Lipinski definition) is 6. The van der Waals surface area contributed by atoms with E-state index in [4.69, 9.17) is 14.2 Å². The van der Waals surface area contributed by atoms with Crippen LogP contribution < -0.4 is 0 Å². The summed E-state index contributed by atoms with van der Waals surface area (Å²) in [6.45, 7) is 6.55. The van der Waals surface area contributed by atoms with Crippen molar-refractivity contribution in [3.8, 4) is 0 Å². The minimum absolute atomic E-state index is 0.0704. The molecule has 0 aromatic heterocycles. The van der Waals surface area contributed by atoms with Crippen LogP contribution >= 0.6 is 0 Å². The molecule has 6 nitrogen and oxygen atoms in total. The average molecular weight is 1060 g/mol. The van der Waals surface area contributed by atoms with Gasteiger partial charge in [0.1, 0.15) is 13.2 Å². The smallest absolute Gasteiger partial charge is 0.306 e. The highest BCUT2D eigenvalue weighted by Crippen LogP contribution is 2.17. The third-order valence-corrected chi connectivity index (χ3v) is 14.8. The molecule has 0 aromatic rings. The lowest BCUT2D eigenvalue weighted by atomic mass is 10.0. The summed E-state index contributed by atoms with van der Waals surface area (Å²) in [5.41, 5.74) is 0. The Labute approximate surface area is 472 Å². The van der Waals surface area contributed by atoms with Crippen LogP contribution in [0.3, 0.4) is 0 Å². The van der Waals surface area contributed by atoms with Crippen LogP contribution in [0.2, 0.25) is 0 Å². The predicted octanol–water partition coefficient (Wildman–Crippen LogP) is 22.7. The molecule has 6 heteroatoms. The van der Waals surface area contributed by atoms with Crippen LogP contribution in [-0.4, -0.2) is 37.2 Å². The highest BCUT2D eigenvalue weighted by atomic mass is 16.6. The van der Waals surface area contributed by atoms with E-state index in [2.05, 4.69) is 81.5 Å². The lowest BCUT2D eigenvalue weighted by Crippen LogP contribution is -2.30. The fourth-order valence-corrected chi connectivity index (χ4v) is 9.79. The van der Waals surface area contributed by atoms with Crippen LogP contribution in [0.1, 0.15) is 348 Å². The van der Waals surface area contributed by atoms with Gasteiger partial charge in [-0.05, 0) is 83.5 Å². The minimum Gasteiger partial charge on any atom is -0.462 e. The van der Waals surface area contributed by atoms with Gasteiger partial charge in [0.2, 0.25) is 0 Å². The maximum atomic E-state index is 12.9. The number of ether oxygens (including phenoxy) is 3. The molecule has 0 heterocycles. The molecule has 1 unspecified atom stereocenters. The van der Waals surface area contributed by atoms with Crippen molar-refractivity contribution in [2.75, 3.05) is 13.2 Å². The SMILES string of the molecule is CC/C=C\C/C=C\C/C=C\C/C=C\CCCCCCCCCCCCCCCCC(=O)OCC(COC(=O)CCCCCCCCCC)OC(=O)CCCCCCCCCCCCC/C=C\CCCCCCCCCC. The fourth-order valence-electron chi connectivity index (χ4n) is 9.79. The van der Waals surface area contributed by atoms with Gasteiger partial charge in [-0.2, -0.15) is 0 Å². The molecule has 0 fully saturated rings. The Morgan fingerprint density at radius 2 is 0.513 bits per heavy atom. The highest BCUT2D eigenvalue weighted by molar-refractivity contribution is 5.71. The average Bonchev–Trinajstić information content (AvgIpc) is 3.42. The third kappa shape index (κ3) is 62.0. The van der Waals surface area contributed by atoms with Crippen molar-refractivity contribution >= 4 is 17.9 Å². The molecule has 0 aromatic carbocycles. The predicted molar refractivity (Wildman–Crippen MR) is 330 cm³/mol. The van der Waals surface area contributed by atoms with Gasteiger partial charge in [0, 0.05) is 19.3 Å². The Bertz CT molecular complexity index is 1360. The summed E-state index contributed by atoms with van der Waals surface area (Å²) in [5.74, 6) is -0.857. The van der Waals surface area contributed by atoms with Crippen molar-refractivity contribution in [1.82, 2.24) is 0 Å². The summed E-state index contributed by atoms with van der Waals surface area (Å²) in [6.07, 6.45) is 82.6. The Morgan fingerprint density at radius 1 is 0.276 bits per heavy atom. The van der Waals surface area contributed by atoms with E-state index >= 15 is 0 Å². The summed E-state index contributed by atoms with van der Waals surface area (Å²) in [5, 5.41) is 0. The maximum absolute atomic E-state index is 12.9. The zero-order chi connectivity index (χ0) is 55.0. The molecular weight excluding hydrogens is 937 g/mol. The van der Waals surface area contributed by atoms with E-state index in [9.17, 15) is 14.4 Å². The number of carbonyl (C=O) groups excluding carboxylic acids is 3. The van der Waals surface area contributed by atoms with Crippen LogP contribution in [0, 0.1) is 0 Å². The van der Waals surface area contributed by atoms with Crippen molar-refractivity contribution < 1.29 is 28.6 Å². The first kappa shape index (κ1) is 73.1. The molecule has 0 saturated heterocycles. The molecule has 0 aliphatic carbocycles.